The molecule has 0 saturated heterocycles. The van der Waals surface area contributed by atoms with Crippen LogP contribution in [-0.4, -0.2) is 18.5 Å². The number of esters is 1. The largest absolute Gasteiger partial charge is 0.462 e. The van der Waals surface area contributed by atoms with Crippen LogP contribution >= 0.6 is 11.3 Å². The number of hydrogen-bond acceptors (Lipinski definition) is 6. The predicted octanol–water partition coefficient (Wildman–Crippen LogP) is 3.88. The molecule has 7 heteroatoms. The number of carbonyl (C=O) groups is 2. The first-order valence-electron chi connectivity index (χ1n) is 9.27. The minimum atomic E-state index is -0.632. The highest BCUT2D eigenvalue weighted by Crippen LogP contribution is 2.40. The summed E-state index contributed by atoms with van der Waals surface area (Å²) in [6, 6.07) is 8.99. The lowest BCUT2D eigenvalue weighted by Gasteiger charge is -2.11. The summed E-state index contributed by atoms with van der Waals surface area (Å²) in [4.78, 5) is 30.3. The lowest BCUT2D eigenvalue weighted by atomic mass is 9.95. The minimum absolute atomic E-state index is 0.107. The Morgan fingerprint density at radius 1 is 1.25 bits per heavy atom. The molecule has 0 saturated carbocycles. The van der Waals surface area contributed by atoms with Crippen LogP contribution in [0.4, 0.5) is 5.00 Å². The van der Waals surface area contributed by atoms with Crippen molar-refractivity contribution in [3.05, 3.63) is 57.5 Å². The summed E-state index contributed by atoms with van der Waals surface area (Å²) in [5.74, 6) is -1.02. The third kappa shape index (κ3) is 3.33. The van der Waals surface area contributed by atoms with Gasteiger partial charge in [0.05, 0.1) is 12.2 Å². The van der Waals surface area contributed by atoms with Gasteiger partial charge in [0.25, 0.3) is 5.91 Å². The summed E-state index contributed by atoms with van der Waals surface area (Å²) in [7, 11) is 0. The van der Waals surface area contributed by atoms with Gasteiger partial charge in [-0.1, -0.05) is 18.2 Å². The van der Waals surface area contributed by atoms with Gasteiger partial charge in [0.2, 0.25) is 5.55 Å². The molecule has 1 aliphatic carbocycles. The van der Waals surface area contributed by atoms with E-state index in [1.807, 2.05) is 18.2 Å². The Bertz CT molecular complexity index is 1140. The van der Waals surface area contributed by atoms with E-state index in [-0.39, 0.29) is 23.7 Å². The van der Waals surface area contributed by atoms with E-state index in [0.717, 1.165) is 41.5 Å². The molecular weight excluding hydrogens is 376 g/mol. The molecule has 0 aliphatic heterocycles. The van der Waals surface area contributed by atoms with Crippen molar-refractivity contribution < 1.29 is 18.7 Å². The quantitative estimate of drug-likeness (QED) is 0.677. The second-order valence-electron chi connectivity index (χ2n) is 6.59. The molecule has 2 N–H and O–H groups in total. The number of nitrogens with two attached hydrogens (primary N) is 1. The normalized spacial score (nSPS) is 14.1. The molecule has 0 atom stereocenters. The van der Waals surface area contributed by atoms with Crippen LogP contribution in [-0.2, 0) is 17.6 Å². The Labute approximate surface area is 165 Å². The van der Waals surface area contributed by atoms with E-state index in [4.69, 9.17) is 14.9 Å². The van der Waals surface area contributed by atoms with Crippen LogP contribution in [0.15, 0.2) is 39.7 Å². The number of ether oxygens (including phenoxy) is 1. The topological polar surface area (TPSA) is 94.9 Å². The monoisotopic (exact) mass is 396 g/mol. The molecule has 0 fully saturated rings. The first-order chi connectivity index (χ1) is 13.6. The zero-order valence-electron chi connectivity index (χ0n) is 15.5. The lowest BCUT2D eigenvalue weighted by Crippen LogP contribution is -2.21. The number of para-hydroxylation sites is 1. The summed E-state index contributed by atoms with van der Waals surface area (Å²) >= 11 is 1.46. The summed E-state index contributed by atoms with van der Waals surface area (Å²) in [6.07, 6.45) is 3.86. The third-order valence-electron chi connectivity index (χ3n) is 4.76. The number of nitrogens with zero attached hydrogens (tertiary/aromatic N) is 1. The summed E-state index contributed by atoms with van der Waals surface area (Å²) in [5, 5.41) is 1.26. The maximum Gasteiger partial charge on any atom is 0.341 e. The number of benzene rings is 1. The summed E-state index contributed by atoms with van der Waals surface area (Å²) in [6.45, 7) is 2.06. The maximum atomic E-state index is 12.6. The molecule has 3 aromatic rings. The summed E-state index contributed by atoms with van der Waals surface area (Å²) < 4.78 is 11.1. The van der Waals surface area contributed by atoms with Crippen molar-refractivity contribution in [2.75, 3.05) is 6.61 Å². The number of rotatable bonds is 4. The standard InChI is InChI=1S/C21H20N2O4S/c1-2-26-21(25)17-13-8-4-6-10-16(13)28-20(17)23-19-14(18(22)24)11-12-7-3-5-9-15(12)27-19/h3,5,7,9,11H,2,4,6,8,10H2,1H3,(H2,22,24). The number of fused-ring (bicyclic) bond motifs is 2. The molecule has 1 aliphatic rings. The Morgan fingerprint density at radius 3 is 2.82 bits per heavy atom. The first kappa shape index (κ1) is 18.4. The highest BCUT2D eigenvalue weighted by atomic mass is 32.1. The average molecular weight is 396 g/mol. The number of primary amides is 1. The van der Waals surface area contributed by atoms with E-state index in [2.05, 4.69) is 4.99 Å². The molecule has 6 nitrogen and oxygen atoms in total. The fourth-order valence-corrected chi connectivity index (χ4v) is 4.71. The molecule has 0 unspecified atom stereocenters. The number of amides is 1. The smallest absolute Gasteiger partial charge is 0.341 e. The minimum Gasteiger partial charge on any atom is -0.462 e. The molecule has 28 heavy (non-hydrogen) atoms. The highest BCUT2D eigenvalue weighted by Gasteiger charge is 2.26. The van der Waals surface area contributed by atoms with Gasteiger partial charge in [-0.3, -0.25) is 4.79 Å². The van der Waals surface area contributed by atoms with Crippen LogP contribution in [0.1, 0.15) is 50.9 Å². The zero-order valence-corrected chi connectivity index (χ0v) is 16.3. The maximum absolute atomic E-state index is 12.6. The van der Waals surface area contributed by atoms with Gasteiger partial charge in [-0.25, -0.2) is 9.79 Å². The van der Waals surface area contributed by atoms with Crippen molar-refractivity contribution in [3.8, 4) is 0 Å². The van der Waals surface area contributed by atoms with Gasteiger partial charge >= 0.3 is 5.97 Å². The van der Waals surface area contributed by atoms with Gasteiger partial charge in [-0.15, -0.1) is 11.3 Å². The van der Waals surface area contributed by atoms with E-state index in [1.54, 1.807) is 19.1 Å². The number of carbonyl (C=O) groups excluding carboxylic acids is 2. The van der Waals surface area contributed by atoms with Crippen molar-refractivity contribution in [2.45, 2.75) is 32.6 Å². The Kier molecular flexibility index (Phi) is 5.00. The lowest BCUT2D eigenvalue weighted by molar-refractivity contribution is 0.0526. The first-order valence-corrected chi connectivity index (χ1v) is 10.1. The number of hydrogen-bond donors (Lipinski definition) is 1. The van der Waals surface area contributed by atoms with Gasteiger partial charge in [0, 0.05) is 10.3 Å². The van der Waals surface area contributed by atoms with E-state index in [0.29, 0.717) is 16.1 Å². The molecular formula is C21H20N2O4S. The molecule has 2 heterocycles. The molecule has 1 aromatic carbocycles. The van der Waals surface area contributed by atoms with Gasteiger partial charge in [-0.2, -0.15) is 0 Å². The second-order valence-corrected chi connectivity index (χ2v) is 7.67. The molecule has 1 amide bonds. The van der Waals surface area contributed by atoms with E-state index < -0.39 is 5.91 Å². The molecule has 0 radical (unpaired) electrons. The van der Waals surface area contributed by atoms with Crippen molar-refractivity contribution in [3.63, 3.8) is 0 Å². The second kappa shape index (κ2) is 7.59. The molecule has 4 rings (SSSR count). The number of aryl methyl sites for hydroxylation is 1. The molecule has 0 spiro atoms. The van der Waals surface area contributed by atoms with E-state index in [9.17, 15) is 9.59 Å². The number of thiophene rings is 1. The highest BCUT2D eigenvalue weighted by molar-refractivity contribution is 7.16. The van der Waals surface area contributed by atoms with Crippen LogP contribution in [0.25, 0.3) is 11.0 Å². The van der Waals surface area contributed by atoms with Crippen molar-refractivity contribution in [1.29, 1.82) is 0 Å². The SMILES string of the molecule is CCOC(=O)c1c(N=c2oc3ccccc3cc2C(N)=O)sc2c1CCCC2. The Balaban J connectivity index is 1.96. The van der Waals surface area contributed by atoms with Crippen molar-refractivity contribution >= 4 is 39.2 Å². The fraction of sp³-hybridized carbons (Fsp3) is 0.286. The van der Waals surface area contributed by atoms with Gasteiger partial charge in [0.1, 0.15) is 16.1 Å². The summed E-state index contributed by atoms with van der Waals surface area (Å²) in [5.41, 5.74) is 7.93. The van der Waals surface area contributed by atoms with E-state index >= 15 is 0 Å². The van der Waals surface area contributed by atoms with Crippen LogP contribution in [0, 0.1) is 0 Å². The zero-order chi connectivity index (χ0) is 19.7. The third-order valence-corrected chi connectivity index (χ3v) is 5.94. The van der Waals surface area contributed by atoms with Gasteiger partial charge in [0.15, 0.2) is 0 Å². The molecule has 144 valence electrons. The van der Waals surface area contributed by atoms with Gasteiger partial charge < -0.3 is 14.9 Å². The predicted molar refractivity (Wildman–Crippen MR) is 107 cm³/mol. The Morgan fingerprint density at radius 2 is 2.04 bits per heavy atom. The van der Waals surface area contributed by atoms with Crippen molar-refractivity contribution in [2.24, 2.45) is 10.7 Å². The van der Waals surface area contributed by atoms with Crippen LogP contribution in [0.5, 0.6) is 0 Å². The average Bonchev–Trinajstić information content (AvgIpc) is 3.05. The molecule has 0 bridgehead atoms. The fourth-order valence-electron chi connectivity index (χ4n) is 3.46. The van der Waals surface area contributed by atoms with E-state index in [1.165, 1.54) is 11.3 Å². The van der Waals surface area contributed by atoms with Crippen molar-refractivity contribution in [1.82, 2.24) is 0 Å². The Hall–Kier alpha value is -2.93. The van der Waals surface area contributed by atoms with Crippen LogP contribution in [0.2, 0.25) is 0 Å². The van der Waals surface area contributed by atoms with Gasteiger partial charge in [-0.05, 0) is 50.3 Å². The van der Waals surface area contributed by atoms with Crippen LogP contribution in [0.3, 0.4) is 0 Å². The van der Waals surface area contributed by atoms with Crippen LogP contribution < -0.4 is 11.3 Å². The molecule has 2 aromatic heterocycles.